The Labute approximate surface area is 664 Å². The number of aromatic nitrogens is 6. The van der Waals surface area contributed by atoms with E-state index in [1.54, 1.807) is 0 Å². The first-order chi connectivity index (χ1) is 54.7. The molecule has 2 N–H and O–H groups in total. The van der Waals surface area contributed by atoms with Gasteiger partial charge in [0.2, 0.25) is 0 Å². The van der Waals surface area contributed by atoms with Crippen molar-refractivity contribution in [2.45, 2.75) is 39.5 Å². The molecular weight excluding hydrogens is 1550 g/mol. The average molecular weight is 1620 g/mol. The molecule has 541 valence electrons. The summed E-state index contributed by atoms with van der Waals surface area (Å²) in [7, 11) is 0. The van der Waals surface area contributed by atoms with Crippen LogP contribution in [0.15, 0.2) is 376 Å². The van der Waals surface area contributed by atoms with Crippen molar-refractivity contribution in [2.24, 2.45) is 0 Å². The van der Waals surface area contributed by atoms with Crippen molar-refractivity contribution in [3.63, 3.8) is 0 Å². The van der Waals surface area contributed by atoms with Crippen LogP contribution in [-0.4, -0.2) is 43.9 Å². The summed E-state index contributed by atoms with van der Waals surface area (Å²) in [6, 6.07) is 134. The summed E-state index contributed by atoms with van der Waals surface area (Å²) in [6.07, 6.45) is 8.79. The molecular formula is C103H77IrN6O2-. The zero-order chi connectivity index (χ0) is 74.7. The van der Waals surface area contributed by atoms with Crippen LogP contribution in [0.4, 0.5) is 0 Å². The third-order valence-corrected chi connectivity index (χ3v) is 21.3. The number of benzene rings is 14. The number of aryl methyl sites for hydroxylation is 4. The van der Waals surface area contributed by atoms with E-state index in [0.717, 1.165) is 59.6 Å². The number of aliphatic hydroxyl groups is 1. The number of nitrogens with zero attached hydrogens (tertiary/aromatic N) is 6. The van der Waals surface area contributed by atoms with E-state index < -0.39 is 0 Å². The topological polar surface area (TPSA) is 87.1 Å². The van der Waals surface area contributed by atoms with Crippen molar-refractivity contribution in [2.75, 3.05) is 0 Å². The van der Waals surface area contributed by atoms with E-state index >= 15 is 0 Å². The normalized spacial score (nSPS) is 11.5. The van der Waals surface area contributed by atoms with Gasteiger partial charge in [-0.25, -0.2) is 0 Å². The number of hydrogen-bond acceptors (Lipinski definition) is 3. The first kappa shape index (κ1) is 71.4. The number of hydrogen-bond donors (Lipinski definition) is 1. The number of para-hydroxylation sites is 6. The summed E-state index contributed by atoms with van der Waals surface area (Å²) in [5.74, 6) is 0.250. The molecule has 8 nitrogen and oxygen atoms in total. The number of aliphatic hydroxyl groups excluding tert-OH is 1. The van der Waals surface area contributed by atoms with Crippen LogP contribution in [0.1, 0.15) is 36.1 Å². The minimum Gasteiger partial charge on any atom is -0.512 e. The van der Waals surface area contributed by atoms with Crippen LogP contribution in [-0.2, 0) is 45.8 Å². The van der Waals surface area contributed by atoms with E-state index in [4.69, 9.17) is 9.90 Å². The van der Waals surface area contributed by atoms with Gasteiger partial charge < -0.3 is 33.3 Å². The standard InChI is InChI=1S/2C49H34N3.C5H8O2.Ir/c2*1-4-13-46-41(9-1)42-10-2-5-14-47(42)51(46)39-27-23-36(24-28-39)37-25-29-40(30-26-37)52-48-15-6-3-11-43(48)44-33-35(20-31-49(44)52)17-16-34-18-21-38(22-19-34)45-12-7-8-32-50-45;1-4(6)3-5(2)7;/h2*1-15,18-21,23-33H,16-17H2;3,6H,1-2H3;/q2*-1;;/p+1/b;;4-3-;. The SMILES string of the molecule is CC(=[OH+])/C=C(/C)O.[Ir].[c-]1cc(CCc2ccc3c(c2)c2ccccc2n3-c2ccc(-c3ccc(-n4c5ccccc5c5ccccc54)cc3)cc2)ccc1-c1ccccn1.[c-]1cc(CCc2ccc3c(c2)c2ccccc2n3-c2ccc(-c3ccc(-n4c5ccccc5c5ccccc54)cc3)cc2)ccc1-c1ccccn1. The molecule has 0 fully saturated rings. The van der Waals surface area contributed by atoms with Crippen LogP contribution < -0.4 is 0 Å². The molecule has 0 spiro atoms. The molecule has 0 bridgehead atoms. The van der Waals surface area contributed by atoms with Crippen LogP contribution in [0.5, 0.6) is 0 Å². The van der Waals surface area contributed by atoms with Gasteiger partial charge in [-0.2, -0.15) is 0 Å². The maximum atomic E-state index is 8.40. The number of pyridine rings is 2. The predicted molar refractivity (Wildman–Crippen MR) is 462 cm³/mol. The van der Waals surface area contributed by atoms with Gasteiger partial charge in [0.25, 0.3) is 0 Å². The molecule has 0 saturated carbocycles. The molecule has 0 aliphatic carbocycles. The first-order valence-electron chi connectivity index (χ1n) is 37.9. The first-order valence-corrected chi connectivity index (χ1v) is 37.9. The average Bonchev–Trinajstić information content (AvgIpc) is 1.68. The van der Waals surface area contributed by atoms with E-state index in [-0.39, 0.29) is 31.6 Å². The van der Waals surface area contributed by atoms with Crippen molar-refractivity contribution >= 4 is 93.0 Å². The predicted octanol–water partition coefficient (Wildman–Crippen LogP) is 25.4. The molecule has 6 heterocycles. The van der Waals surface area contributed by atoms with E-state index in [2.05, 4.69) is 356 Å². The minimum atomic E-state index is 0. The van der Waals surface area contributed by atoms with Crippen LogP contribution in [0.25, 0.3) is 155 Å². The molecule has 1 radical (unpaired) electrons. The Morgan fingerprint density at radius 3 is 0.812 bits per heavy atom. The van der Waals surface area contributed by atoms with Gasteiger partial charge in [0.1, 0.15) is 0 Å². The Hall–Kier alpha value is -13.6. The third-order valence-electron chi connectivity index (χ3n) is 21.3. The molecule has 0 aliphatic rings. The van der Waals surface area contributed by atoms with Gasteiger partial charge >= 0.3 is 5.78 Å². The Kier molecular flexibility index (Phi) is 20.1. The smallest absolute Gasteiger partial charge is 0.316 e. The fraction of sp³-hybridized carbons (Fsp3) is 0.0583. The van der Waals surface area contributed by atoms with Gasteiger partial charge in [0.15, 0.2) is 0 Å². The zero-order valence-corrected chi connectivity index (χ0v) is 64.4. The number of rotatable bonds is 15. The maximum Gasteiger partial charge on any atom is 0.316 e. The van der Waals surface area contributed by atoms with Crippen molar-refractivity contribution in [1.29, 1.82) is 0 Å². The van der Waals surface area contributed by atoms with Gasteiger partial charge in [-0.15, -0.1) is 70.8 Å². The van der Waals surface area contributed by atoms with E-state index in [9.17, 15) is 0 Å². The number of fused-ring (bicyclic) bond motifs is 12. The van der Waals surface area contributed by atoms with Gasteiger partial charge in [-0.1, -0.05) is 207 Å². The Balaban J connectivity index is 0.000000149. The van der Waals surface area contributed by atoms with Gasteiger partial charge in [-0.3, -0.25) is 4.79 Å². The van der Waals surface area contributed by atoms with Crippen molar-refractivity contribution < 1.29 is 30.0 Å². The zero-order valence-electron chi connectivity index (χ0n) is 62.0. The molecule has 0 saturated heterocycles. The largest absolute Gasteiger partial charge is 0.512 e. The number of allylic oxidation sites excluding steroid dienone is 2. The summed E-state index contributed by atoms with van der Waals surface area (Å²) < 4.78 is 9.53. The van der Waals surface area contributed by atoms with Crippen LogP contribution in [0, 0.1) is 12.1 Å². The fourth-order valence-electron chi connectivity index (χ4n) is 16.0. The van der Waals surface area contributed by atoms with Crippen molar-refractivity contribution in [3.05, 3.63) is 410 Å². The summed E-state index contributed by atoms with van der Waals surface area (Å²) >= 11 is 0. The van der Waals surface area contributed by atoms with Crippen LogP contribution in [0.2, 0.25) is 0 Å². The van der Waals surface area contributed by atoms with Crippen molar-refractivity contribution in [1.82, 2.24) is 28.2 Å². The molecule has 20 rings (SSSR count). The second-order valence-corrected chi connectivity index (χ2v) is 28.4. The molecule has 6 aromatic heterocycles. The third kappa shape index (κ3) is 14.2. The van der Waals surface area contributed by atoms with Crippen LogP contribution in [0.3, 0.4) is 0 Å². The number of carbonyl (C=O) groups excluding carboxylic acids is 1. The Morgan fingerprint density at radius 2 is 0.562 bits per heavy atom. The molecule has 0 unspecified atom stereocenters. The molecule has 112 heavy (non-hydrogen) atoms. The maximum absolute atomic E-state index is 8.40. The molecule has 0 amide bonds. The molecule has 0 atom stereocenters. The second-order valence-electron chi connectivity index (χ2n) is 28.4. The fourth-order valence-corrected chi connectivity index (χ4v) is 16.0. The van der Waals surface area contributed by atoms with E-state index in [1.807, 2.05) is 48.8 Å². The molecule has 9 heteroatoms. The molecule has 20 aromatic rings. The Bertz CT molecular complexity index is 6310. The number of ketones is 1. The van der Waals surface area contributed by atoms with Gasteiger partial charge in [-0.05, 0) is 186 Å². The monoisotopic (exact) mass is 1620 g/mol. The second kappa shape index (κ2) is 31.6. The molecule has 14 aromatic carbocycles. The minimum absolute atomic E-state index is 0. The Morgan fingerprint density at radius 1 is 0.304 bits per heavy atom. The summed E-state index contributed by atoms with van der Waals surface area (Å²) in [4.78, 5) is 17.3. The van der Waals surface area contributed by atoms with Crippen molar-refractivity contribution in [3.8, 4) is 67.5 Å². The molecule has 0 aliphatic heterocycles. The van der Waals surface area contributed by atoms with E-state index in [1.165, 1.54) is 163 Å². The van der Waals surface area contributed by atoms with E-state index in [0.29, 0.717) is 0 Å². The van der Waals surface area contributed by atoms with Crippen LogP contribution >= 0.6 is 0 Å². The summed E-state index contributed by atoms with van der Waals surface area (Å²) in [5.41, 5.74) is 28.4. The quantitative estimate of drug-likeness (QED) is 0.0480. The van der Waals surface area contributed by atoms with Gasteiger partial charge in [0, 0.05) is 98.3 Å². The summed E-state index contributed by atoms with van der Waals surface area (Å²) in [6.45, 7) is 3.00. The van der Waals surface area contributed by atoms with Gasteiger partial charge in [0.05, 0.1) is 62.9 Å². The summed E-state index contributed by atoms with van der Waals surface area (Å²) in [5, 5.41) is 18.6.